The SMILES string of the molecule is CCCNC(=O)N[C@H]1[C@H](O)[C@@H](n2cnc3ccccc32)[C@@H]2OC[C@H]1O2. The van der Waals surface area contributed by atoms with Crippen LogP contribution in [0.15, 0.2) is 30.6 Å². The average Bonchev–Trinajstić information content (AvgIpc) is 3.23. The molecule has 2 fully saturated rings. The first kappa shape index (κ1) is 16.3. The number of para-hydroxylation sites is 2. The van der Waals surface area contributed by atoms with Crippen LogP contribution in [-0.4, -0.2) is 58.4 Å². The fourth-order valence-corrected chi connectivity index (χ4v) is 3.53. The van der Waals surface area contributed by atoms with E-state index in [0.29, 0.717) is 13.2 Å². The fraction of sp³-hybridized carbons (Fsp3) is 0.529. The van der Waals surface area contributed by atoms with Crippen molar-refractivity contribution in [3.63, 3.8) is 0 Å². The predicted molar refractivity (Wildman–Crippen MR) is 90.0 cm³/mol. The minimum atomic E-state index is -0.851. The van der Waals surface area contributed by atoms with Crippen molar-refractivity contribution in [3.8, 4) is 0 Å². The summed E-state index contributed by atoms with van der Waals surface area (Å²) in [4.78, 5) is 16.4. The molecule has 8 heteroatoms. The molecule has 2 saturated heterocycles. The number of aliphatic hydroxyl groups excluding tert-OH is 1. The van der Waals surface area contributed by atoms with Gasteiger partial charge in [0.25, 0.3) is 0 Å². The summed E-state index contributed by atoms with van der Waals surface area (Å²) in [5, 5.41) is 16.6. The Morgan fingerprint density at radius 2 is 2.28 bits per heavy atom. The second kappa shape index (κ2) is 6.62. The predicted octanol–water partition coefficient (Wildman–Crippen LogP) is 0.771. The minimum absolute atomic E-state index is 0.311. The first-order valence-electron chi connectivity index (χ1n) is 8.60. The number of benzene rings is 1. The number of hydrogen-bond donors (Lipinski definition) is 3. The van der Waals surface area contributed by atoms with Gasteiger partial charge in [0.15, 0.2) is 6.29 Å². The van der Waals surface area contributed by atoms with Crippen molar-refractivity contribution in [1.82, 2.24) is 20.2 Å². The van der Waals surface area contributed by atoms with Crippen LogP contribution < -0.4 is 10.6 Å². The number of fused-ring (bicyclic) bond motifs is 3. The number of aromatic nitrogens is 2. The fourth-order valence-electron chi connectivity index (χ4n) is 3.53. The number of amides is 2. The lowest BCUT2D eigenvalue weighted by atomic mass is 9.96. The third-order valence-corrected chi connectivity index (χ3v) is 4.77. The summed E-state index contributed by atoms with van der Waals surface area (Å²) in [7, 11) is 0. The van der Waals surface area contributed by atoms with Gasteiger partial charge in [-0.2, -0.15) is 0 Å². The summed E-state index contributed by atoms with van der Waals surface area (Å²) >= 11 is 0. The van der Waals surface area contributed by atoms with Gasteiger partial charge in [-0.3, -0.25) is 0 Å². The number of carbonyl (C=O) groups is 1. The van der Waals surface area contributed by atoms with Crippen LogP contribution in [0.1, 0.15) is 19.4 Å². The van der Waals surface area contributed by atoms with E-state index in [-0.39, 0.29) is 12.1 Å². The third kappa shape index (κ3) is 2.86. The number of rotatable bonds is 4. The van der Waals surface area contributed by atoms with Gasteiger partial charge in [0.05, 0.1) is 30.0 Å². The molecule has 1 aromatic heterocycles. The normalized spacial score (nSPS) is 31.2. The van der Waals surface area contributed by atoms with E-state index in [0.717, 1.165) is 17.5 Å². The molecular weight excluding hydrogens is 324 g/mol. The van der Waals surface area contributed by atoms with E-state index < -0.39 is 24.5 Å². The highest BCUT2D eigenvalue weighted by Crippen LogP contribution is 2.37. The van der Waals surface area contributed by atoms with Gasteiger partial charge in [-0.1, -0.05) is 19.1 Å². The van der Waals surface area contributed by atoms with Gasteiger partial charge < -0.3 is 29.8 Å². The molecular formula is C17H22N4O4. The topological polar surface area (TPSA) is 97.6 Å². The molecule has 134 valence electrons. The molecule has 0 saturated carbocycles. The van der Waals surface area contributed by atoms with Crippen molar-refractivity contribution in [2.75, 3.05) is 13.2 Å². The molecule has 0 spiro atoms. The van der Waals surface area contributed by atoms with Crippen LogP contribution in [-0.2, 0) is 9.47 Å². The quantitative estimate of drug-likeness (QED) is 0.760. The van der Waals surface area contributed by atoms with Gasteiger partial charge >= 0.3 is 6.03 Å². The van der Waals surface area contributed by atoms with E-state index in [1.54, 1.807) is 6.33 Å². The van der Waals surface area contributed by atoms with Crippen molar-refractivity contribution >= 4 is 17.1 Å². The monoisotopic (exact) mass is 346 g/mol. The maximum absolute atomic E-state index is 12.0. The lowest BCUT2D eigenvalue weighted by molar-refractivity contribution is -0.162. The number of imidazole rings is 1. The van der Waals surface area contributed by atoms with Crippen molar-refractivity contribution in [3.05, 3.63) is 30.6 Å². The van der Waals surface area contributed by atoms with Gasteiger partial charge in [0, 0.05) is 6.54 Å². The molecule has 2 aliphatic rings. The summed E-state index contributed by atoms with van der Waals surface area (Å²) in [6, 6.07) is 6.33. The smallest absolute Gasteiger partial charge is 0.315 e. The average molecular weight is 346 g/mol. The third-order valence-electron chi connectivity index (χ3n) is 4.77. The highest BCUT2D eigenvalue weighted by molar-refractivity contribution is 5.75. The molecule has 2 bridgehead atoms. The highest BCUT2D eigenvalue weighted by atomic mass is 16.7. The lowest BCUT2D eigenvalue weighted by Gasteiger charge is -2.39. The second-order valence-electron chi connectivity index (χ2n) is 6.42. The summed E-state index contributed by atoms with van der Waals surface area (Å²) in [6.45, 7) is 2.90. The maximum atomic E-state index is 12.0. The number of urea groups is 1. The number of aliphatic hydroxyl groups is 1. The summed E-state index contributed by atoms with van der Waals surface area (Å²) in [5.41, 5.74) is 1.72. The molecule has 1 aromatic carbocycles. The minimum Gasteiger partial charge on any atom is -0.388 e. The van der Waals surface area contributed by atoms with Gasteiger partial charge in [-0.15, -0.1) is 0 Å². The van der Waals surface area contributed by atoms with Crippen LogP contribution in [0.5, 0.6) is 0 Å². The molecule has 5 atom stereocenters. The van der Waals surface area contributed by atoms with Gasteiger partial charge in [-0.25, -0.2) is 9.78 Å². The summed E-state index contributed by atoms with van der Waals surface area (Å²) in [5.74, 6) is 0. The molecule has 2 aromatic rings. The Hall–Kier alpha value is -2.16. The number of ether oxygens (including phenoxy) is 2. The zero-order valence-electron chi connectivity index (χ0n) is 14.0. The molecule has 3 N–H and O–H groups in total. The Labute approximate surface area is 145 Å². The van der Waals surface area contributed by atoms with Gasteiger partial charge in [0.2, 0.25) is 0 Å². The maximum Gasteiger partial charge on any atom is 0.315 e. The van der Waals surface area contributed by atoms with E-state index in [2.05, 4.69) is 15.6 Å². The zero-order valence-corrected chi connectivity index (χ0v) is 14.0. The Kier molecular flexibility index (Phi) is 4.32. The Morgan fingerprint density at radius 3 is 3.12 bits per heavy atom. The molecule has 0 radical (unpaired) electrons. The number of nitrogens with zero attached hydrogens (tertiary/aromatic N) is 2. The van der Waals surface area contributed by atoms with Crippen LogP contribution in [0.3, 0.4) is 0 Å². The van der Waals surface area contributed by atoms with Crippen LogP contribution in [0.4, 0.5) is 4.79 Å². The van der Waals surface area contributed by atoms with E-state index in [1.165, 1.54) is 0 Å². The summed E-state index contributed by atoms with van der Waals surface area (Å²) in [6.07, 6.45) is 0.747. The first-order valence-corrected chi connectivity index (χ1v) is 8.60. The molecule has 3 heterocycles. The van der Waals surface area contributed by atoms with E-state index in [1.807, 2.05) is 35.8 Å². The molecule has 8 nitrogen and oxygen atoms in total. The molecule has 0 unspecified atom stereocenters. The Bertz CT molecular complexity index is 764. The second-order valence-corrected chi connectivity index (χ2v) is 6.42. The van der Waals surface area contributed by atoms with Crippen LogP contribution in [0, 0.1) is 0 Å². The number of hydrogen-bond acceptors (Lipinski definition) is 5. The standard InChI is InChI=1S/C17H22N4O4/c1-2-7-18-17(23)20-13-12-8-24-16(25-12)14(15(13)22)21-9-19-10-5-3-4-6-11(10)21/h3-6,9,12-16,22H,2,7-8H2,1H3,(H2,18,20,23)/t12-,13-,14-,15+,16-/m1/s1. The molecule has 0 aliphatic carbocycles. The summed E-state index contributed by atoms with van der Waals surface area (Å²) < 4.78 is 13.5. The lowest BCUT2D eigenvalue weighted by Crippen LogP contribution is -2.60. The van der Waals surface area contributed by atoms with Crippen molar-refractivity contribution < 1.29 is 19.4 Å². The Balaban J connectivity index is 1.61. The van der Waals surface area contributed by atoms with Crippen LogP contribution >= 0.6 is 0 Å². The molecule has 4 rings (SSSR count). The van der Waals surface area contributed by atoms with Crippen LogP contribution in [0.25, 0.3) is 11.0 Å². The molecule has 2 aliphatic heterocycles. The zero-order chi connectivity index (χ0) is 17.4. The number of nitrogens with one attached hydrogen (secondary N) is 2. The van der Waals surface area contributed by atoms with Gasteiger partial charge in [-0.05, 0) is 18.6 Å². The van der Waals surface area contributed by atoms with Crippen molar-refractivity contribution in [1.29, 1.82) is 0 Å². The largest absolute Gasteiger partial charge is 0.388 e. The number of carbonyl (C=O) groups excluding carboxylic acids is 1. The molecule has 25 heavy (non-hydrogen) atoms. The van der Waals surface area contributed by atoms with Crippen molar-refractivity contribution in [2.24, 2.45) is 0 Å². The van der Waals surface area contributed by atoms with E-state index in [4.69, 9.17) is 9.47 Å². The van der Waals surface area contributed by atoms with E-state index in [9.17, 15) is 9.90 Å². The van der Waals surface area contributed by atoms with Gasteiger partial charge in [0.1, 0.15) is 18.2 Å². The highest BCUT2D eigenvalue weighted by Gasteiger charge is 2.51. The van der Waals surface area contributed by atoms with E-state index >= 15 is 0 Å². The Morgan fingerprint density at radius 1 is 1.44 bits per heavy atom. The molecule has 2 amide bonds. The van der Waals surface area contributed by atoms with Crippen LogP contribution in [0.2, 0.25) is 0 Å². The van der Waals surface area contributed by atoms with Crippen molar-refractivity contribution in [2.45, 2.75) is 43.9 Å². The first-order chi connectivity index (χ1) is 12.2.